The normalized spacial score (nSPS) is 25.2. The molecule has 1 unspecified atom stereocenters. The van der Waals surface area contributed by atoms with Gasteiger partial charge in [0.15, 0.2) is 6.10 Å². The lowest BCUT2D eigenvalue weighted by molar-refractivity contribution is -0.140. The van der Waals surface area contributed by atoms with Crippen molar-refractivity contribution >= 4 is 5.91 Å². The highest BCUT2D eigenvalue weighted by Gasteiger charge is 2.35. The Hall–Kier alpha value is -1.55. The highest BCUT2D eigenvalue weighted by atomic mass is 16.5. The fraction of sp³-hybridized carbons (Fsp3) is 0.562. The smallest absolute Gasteiger partial charge is 0.264 e. The number of amides is 1. The van der Waals surface area contributed by atoms with Crippen LogP contribution in [0.25, 0.3) is 0 Å². The predicted octanol–water partition coefficient (Wildman–Crippen LogP) is 1.43. The molecule has 1 amide bonds. The van der Waals surface area contributed by atoms with Crippen molar-refractivity contribution in [3.8, 4) is 5.75 Å². The number of aryl methyl sites for hydroxylation is 2. The van der Waals surface area contributed by atoms with Crippen molar-refractivity contribution in [2.45, 2.75) is 39.3 Å². The zero-order valence-corrected chi connectivity index (χ0v) is 12.4. The number of fused-ring (bicyclic) bond motifs is 1. The number of nitrogens with one attached hydrogen (secondary N) is 1. The zero-order chi connectivity index (χ0) is 14.3. The molecule has 1 fully saturated rings. The van der Waals surface area contributed by atoms with E-state index < -0.39 is 0 Å². The molecule has 2 aliphatic rings. The van der Waals surface area contributed by atoms with E-state index in [9.17, 15) is 4.79 Å². The molecule has 2 heterocycles. The van der Waals surface area contributed by atoms with Crippen molar-refractivity contribution in [1.29, 1.82) is 0 Å². The molecular weight excluding hydrogens is 252 g/mol. The van der Waals surface area contributed by atoms with Crippen LogP contribution in [-0.4, -0.2) is 42.6 Å². The number of hydrogen-bond donors (Lipinski definition) is 1. The van der Waals surface area contributed by atoms with E-state index in [4.69, 9.17) is 4.74 Å². The molecule has 108 valence electrons. The molecule has 0 saturated carbocycles. The summed E-state index contributed by atoms with van der Waals surface area (Å²) in [5.74, 6) is 1.01. The topological polar surface area (TPSA) is 41.6 Å². The van der Waals surface area contributed by atoms with Crippen LogP contribution in [0.5, 0.6) is 5.75 Å². The fourth-order valence-corrected chi connectivity index (χ4v) is 3.00. The summed E-state index contributed by atoms with van der Waals surface area (Å²) in [6.45, 7) is 8.77. The van der Waals surface area contributed by atoms with Crippen LogP contribution >= 0.6 is 0 Å². The van der Waals surface area contributed by atoms with Crippen LogP contribution in [0.1, 0.15) is 23.6 Å². The number of carbonyl (C=O) groups is 1. The lowest BCUT2D eigenvalue weighted by Crippen LogP contribution is -2.55. The summed E-state index contributed by atoms with van der Waals surface area (Å²) >= 11 is 0. The molecule has 2 aliphatic heterocycles. The maximum absolute atomic E-state index is 12.6. The molecular formula is C16H22N2O2. The molecule has 0 aromatic heterocycles. The van der Waals surface area contributed by atoms with Crippen LogP contribution < -0.4 is 10.1 Å². The average molecular weight is 274 g/mol. The first-order valence-electron chi connectivity index (χ1n) is 7.34. The van der Waals surface area contributed by atoms with Gasteiger partial charge in [-0.25, -0.2) is 0 Å². The first-order chi connectivity index (χ1) is 9.56. The van der Waals surface area contributed by atoms with E-state index >= 15 is 0 Å². The maximum Gasteiger partial charge on any atom is 0.264 e. The van der Waals surface area contributed by atoms with Gasteiger partial charge in [0.05, 0.1) is 0 Å². The summed E-state index contributed by atoms with van der Waals surface area (Å²) < 4.78 is 5.89. The summed E-state index contributed by atoms with van der Waals surface area (Å²) in [5, 5.41) is 3.31. The highest BCUT2D eigenvalue weighted by Crippen LogP contribution is 2.32. The van der Waals surface area contributed by atoms with Gasteiger partial charge >= 0.3 is 0 Å². The lowest BCUT2D eigenvalue weighted by atomic mass is 10.0. The number of hydrogen-bond acceptors (Lipinski definition) is 3. The highest BCUT2D eigenvalue weighted by molar-refractivity contribution is 5.83. The van der Waals surface area contributed by atoms with Crippen molar-refractivity contribution in [3.63, 3.8) is 0 Å². The van der Waals surface area contributed by atoms with E-state index in [1.165, 1.54) is 11.1 Å². The number of carbonyl (C=O) groups excluding carboxylic acids is 1. The molecule has 4 heteroatoms. The Bertz CT molecular complexity index is 511. The summed E-state index contributed by atoms with van der Waals surface area (Å²) in [7, 11) is 0. The second kappa shape index (κ2) is 5.09. The van der Waals surface area contributed by atoms with Crippen LogP contribution in [0.4, 0.5) is 0 Å². The first-order valence-corrected chi connectivity index (χ1v) is 7.34. The number of benzene rings is 1. The second-order valence-electron chi connectivity index (χ2n) is 5.94. The predicted molar refractivity (Wildman–Crippen MR) is 78.1 cm³/mol. The van der Waals surface area contributed by atoms with E-state index in [-0.39, 0.29) is 18.1 Å². The Morgan fingerprint density at radius 1 is 1.35 bits per heavy atom. The molecule has 0 radical (unpaired) electrons. The summed E-state index contributed by atoms with van der Waals surface area (Å²) in [5.41, 5.74) is 3.64. The maximum atomic E-state index is 12.6. The minimum Gasteiger partial charge on any atom is -0.480 e. The molecule has 1 N–H and O–H groups in total. The lowest BCUT2D eigenvalue weighted by Gasteiger charge is -2.35. The Morgan fingerprint density at radius 2 is 2.10 bits per heavy atom. The van der Waals surface area contributed by atoms with Crippen LogP contribution in [0.15, 0.2) is 12.1 Å². The van der Waals surface area contributed by atoms with E-state index in [2.05, 4.69) is 38.2 Å². The molecule has 2 atom stereocenters. The van der Waals surface area contributed by atoms with E-state index in [1.807, 2.05) is 4.90 Å². The number of piperazine rings is 1. The molecule has 0 aliphatic carbocycles. The van der Waals surface area contributed by atoms with Crippen LogP contribution in [0.3, 0.4) is 0 Å². The van der Waals surface area contributed by atoms with Gasteiger partial charge in [-0.3, -0.25) is 4.79 Å². The van der Waals surface area contributed by atoms with Gasteiger partial charge in [-0.2, -0.15) is 0 Å². The van der Waals surface area contributed by atoms with E-state index in [0.29, 0.717) is 6.42 Å². The van der Waals surface area contributed by atoms with Crippen molar-refractivity contribution in [2.75, 3.05) is 19.6 Å². The Balaban J connectivity index is 1.76. The quantitative estimate of drug-likeness (QED) is 0.842. The van der Waals surface area contributed by atoms with Gasteiger partial charge in [0, 0.05) is 32.1 Å². The monoisotopic (exact) mass is 274 g/mol. The third-order valence-corrected chi connectivity index (χ3v) is 4.41. The number of nitrogens with zero attached hydrogens (tertiary/aromatic N) is 1. The van der Waals surface area contributed by atoms with Crippen molar-refractivity contribution < 1.29 is 9.53 Å². The minimum absolute atomic E-state index is 0.130. The largest absolute Gasteiger partial charge is 0.480 e. The Morgan fingerprint density at radius 3 is 2.85 bits per heavy atom. The molecule has 1 aromatic carbocycles. The standard InChI is InChI=1S/C16H22N2O2/c1-10-6-13-8-15(20-14(13)7-11(10)2)16(19)18-5-4-17-9-12(18)3/h6-7,12,15,17H,4-5,8-9H2,1-3H3/t12-,15?/m1/s1. The van der Waals surface area contributed by atoms with Crippen LogP contribution in [0.2, 0.25) is 0 Å². The molecule has 1 saturated heterocycles. The fourth-order valence-electron chi connectivity index (χ4n) is 3.00. The van der Waals surface area contributed by atoms with Crippen LogP contribution in [-0.2, 0) is 11.2 Å². The Kier molecular flexibility index (Phi) is 3.42. The molecule has 20 heavy (non-hydrogen) atoms. The van der Waals surface area contributed by atoms with Gasteiger partial charge < -0.3 is 15.0 Å². The van der Waals surface area contributed by atoms with Gasteiger partial charge in [0.25, 0.3) is 5.91 Å². The molecule has 0 bridgehead atoms. The van der Waals surface area contributed by atoms with Gasteiger partial charge in [-0.05, 0) is 43.5 Å². The third-order valence-electron chi connectivity index (χ3n) is 4.41. The third kappa shape index (κ3) is 2.29. The first kappa shape index (κ1) is 13.4. The molecule has 0 spiro atoms. The number of rotatable bonds is 1. The van der Waals surface area contributed by atoms with E-state index in [1.54, 1.807) is 0 Å². The summed E-state index contributed by atoms with van der Waals surface area (Å²) in [4.78, 5) is 14.6. The van der Waals surface area contributed by atoms with Gasteiger partial charge in [0.2, 0.25) is 0 Å². The molecule has 4 nitrogen and oxygen atoms in total. The molecule has 1 aromatic rings. The summed E-state index contributed by atoms with van der Waals surface area (Å²) in [6.07, 6.45) is 0.359. The van der Waals surface area contributed by atoms with Crippen LogP contribution in [0, 0.1) is 13.8 Å². The van der Waals surface area contributed by atoms with Gasteiger partial charge in [-0.15, -0.1) is 0 Å². The Labute approximate surface area is 120 Å². The minimum atomic E-state index is -0.341. The number of ether oxygens (including phenoxy) is 1. The summed E-state index contributed by atoms with van der Waals surface area (Å²) in [6, 6.07) is 4.45. The molecule has 3 rings (SSSR count). The SMILES string of the molecule is Cc1cc2c(cc1C)OC(C(=O)N1CCNC[C@H]1C)C2. The van der Waals surface area contributed by atoms with Crippen molar-refractivity contribution in [1.82, 2.24) is 10.2 Å². The van der Waals surface area contributed by atoms with Gasteiger partial charge in [-0.1, -0.05) is 6.07 Å². The average Bonchev–Trinajstić information content (AvgIpc) is 2.82. The zero-order valence-electron chi connectivity index (χ0n) is 12.4. The van der Waals surface area contributed by atoms with Gasteiger partial charge in [0.1, 0.15) is 5.75 Å². The van der Waals surface area contributed by atoms with Crippen molar-refractivity contribution in [2.24, 2.45) is 0 Å². The second-order valence-corrected chi connectivity index (χ2v) is 5.94. The van der Waals surface area contributed by atoms with E-state index in [0.717, 1.165) is 30.9 Å². The van der Waals surface area contributed by atoms with Crippen molar-refractivity contribution in [3.05, 3.63) is 28.8 Å².